The van der Waals surface area contributed by atoms with Gasteiger partial charge in [0.15, 0.2) is 11.6 Å². The molecule has 0 radical (unpaired) electrons. The molecule has 0 amide bonds. The molecule has 0 aromatic heterocycles. The van der Waals surface area contributed by atoms with Crippen molar-refractivity contribution >= 4 is 17.3 Å². The van der Waals surface area contributed by atoms with Gasteiger partial charge in [0.05, 0.1) is 0 Å². The molecule has 4 nitrogen and oxygen atoms in total. The lowest BCUT2D eigenvalue weighted by atomic mass is 9.73. The first-order chi connectivity index (χ1) is 12.6. The fourth-order valence-corrected chi connectivity index (χ4v) is 3.88. The minimum atomic E-state index is -1.01. The number of hydrogen-bond acceptors (Lipinski definition) is 4. The van der Waals surface area contributed by atoms with Gasteiger partial charge >= 0.3 is 0 Å². The number of hydrogen-bond donors (Lipinski definition) is 1. The van der Waals surface area contributed by atoms with Gasteiger partial charge in [-0.2, -0.15) is 0 Å². The van der Waals surface area contributed by atoms with Crippen LogP contribution >= 0.6 is 0 Å². The maximum Gasteiger partial charge on any atom is 0.179 e. The van der Waals surface area contributed by atoms with Gasteiger partial charge in [-0.1, -0.05) is 31.2 Å². The second kappa shape index (κ2) is 6.61. The van der Waals surface area contributed by atoms with E-state index in [1.54, 1.807) is 27.7 Å². The Labute approximate surface area is 160 Å². The van der Waals surface area contributed by atoms with Gasteiger partial charge in [0.2, 0.25) is 0 Å². The minimum Gasteiger partial charge on any atom is -0.399 e. The lowest BCUT2D eigenvalue weighted by Crippen LogP contribution is -2.58. The number of ketones is 2. The zero-order chi connectivity index (χ0) is 20.0. The Bertz CT molecular complexity index is 868. The largest absolute Gasteiger partial charge is 0.399 e. The summed E-state index contributed by atoms with van der Waals surface area (Å²) in [7, 11) is 0. The summed E-state index contributed by atoms with van der Waals surface area (Å²) < 4.78 is 5.83. The molecule has 0 spiro atoms. The molecule has 1 saturated heterocycles. The highest BCUT2D eigenvalue weighted by Crippen LogP contribution is 2.40. The zero-order valence-corrected chi connectivity index (χ0v) is 16.6. The Balaban J connectivity index is 2.16. The lowest BCUT2D eigenvalue weighted by molar-refractivity contribution is -0.184. The topological polar surface area (TPSA) is 69.4 Å². The van der Waals surface area contributed by atoms with Crippen LogP contribution in [0, 0.1) is 0 Å². The van der Waals surface area contributed by atoms with Gasteiger partial charge in [-0.15, -0.1) is 0 Å². The molecule has 1 heterocycles. The van der Waals surface area contributed by atoms with Crippen molar-refractivity contribution in [2.75, 3.05) is 5.73 Å². The molecule has 0 unspecified atom stereocenters. The van der Waals surface area contributed by atoms with Gasteiger partial charge < -0.3 is 10.5 Å². The quantitative estimate of drug-likeness (QED) is 0.650. The third kappa shape index (κ3) is 3.42. The van der Waals surface area contributed by atoms with Crippen molar-refractivity contribution in [1.29, 1.82) is 0 Å². The van der Waals surface area contributed by atoms with Crippen molar-refractivity contribution < 1.29 is 14.3 Å². The molecule has 27 heavy (non-hydrogen) atoms. The number of Topliss-reactive ketones (excluding diaryl/α,β-unsaturated/α-hetero) is 2. The van der Waals surface area contributed by atoms with Gasteiger partial charge in [-0.05, 0) is 74.6 Å². The van der Waals surface area contributed by atoms with Crippen LogP contribution < -0.4 is 5.73 Å². The molecular weight excluding hydrogens is 338 g/mol. The molecule has 3 rings (SSSR count). The van der Waals surface area contributed by atoms with Crippen molar-refractivity contribution in [1.82, 2.24) is 0 Å². The van der Waals surface area contributed by atoms with Crippen LogP contribution in [0.4, 0.5) is 5.69 Å². The summed E-state index contributed by atoms with van der Waals surface area (Å²) >= 11 is 0. The third-order valence-electron chi connectivity index (χ3n) is 5.30. The number of rotatable bonds is 3. The van der Waals surface area contributed by atoms with Crippen LogP contribution in [0.5, 0.6) is 0 Å². The summed E-state index contributed by atoms with van der Waals surface area (Å²) in [5.74, 6) is -1.18. The number of carbonyl (C=O) groups is 2. The van der Waals surface area contributed by atoms with E-state index in [1.165, 1.54) is 0 Å². The van der Waals surface area contributed by atoms with Crippen LogP contribution in [-0.4, -0.2) is 22.8 Å². The van der Waals surface area contributed by atoms with Gasteiger partial charge in [0.1, 0.15) is 17.1 Å². The summed E-state index contributed by atoms with van der Waals surface area (Å²) in [4.78, 5) is 26.3. The third-order valence-corrected chi connectivity index (χ3v) is 5.30. The smallest absolute Gasteiger partial charge is 0.179 e. The molecule has 1 aliphatic heterocycles. The van der Waals surface area contributed by atoms with Gasteiger partial charge in [0, 0.05) is 5.69 Å². The Kier molecular flexibility index (Phi) is 4.73. The summed E-state index contributed by atoms with van der Waals surface area (Å²) in [6.07, 6.45) is 0.746. The maximum atomic E-state index is 13.1. The van der Waals surface area contributed by atoms with Crippen LogP contribution in [0.1, 0.15) is 51.7 Å². The monoisotopic (exact) mass is 365 g/mol. The van der Waals surface area contributed by atoms with E-state index in [2.05, 4.69) is 0 Å². The lowest BCUT2D eigenvalue weighted by Gasteiger charge is -2.43. The van der Waals surface area contributed by atoms with Gasteiger partial charge in [-0.3, -0.25) is 9.59 Å². The van der Waals surface area contributed by atoms with Crippen molar-refractivity contribution in [3.8, 4) is 11.1 Å². The van der Waals surface area contributed by atoms with E-state index < -0.39 is 17.1 Å². The molecule has 0 bridgehead atoms. The summed E-state index contributed by atoms with van der Waals surface area (Å²) in [6, 6.07) is 13.6. The van der Waals surface area contributed by atoms with E-state index in [-0.39, 0.29) is 11.6 Å². The fourth-order valence-electron chi connectivity index (χ4n) is 3.88. The van der Waals surface area contributed by atoms with Crippen molar-refractivity contribution in [2.45, 2.75) is 58.2 Å². The Morgan fingerprint density at radius 1 is 0.889 bits per heavy atom. The van der Waals surface area contributed by atoms with Crippen LogP contribution in [0.3, 0.4) is 0 Å². The molecule has 1 fully saturated rings. The highest BCUT2D eigenvalue weighted by molar-refractivity contribution is 6.15. The Morgan fingerprint density at radius 2 is 1.41 bits per heavy atom. The molecule has 0 aliphatic carbocycles. The van der Waals surface area contributed by atoms with E-state index in [0.717, 1.165) is 28.7 Å². The average Bonchev–Trinajstić information content (AvgIpc) is 2.60. The van der Waals surface area contributed by atoms with Crippen LogP contribution in [0.15, 0.2) is 42.5 Å². The first-order valence-electron chi connectivity index (χ1n) is 9.34. The second-order valence-electron chi connectivity index (χ2n) is 8.17. The molecule has 142 valence electrons. The molecule has 4 heteroatoms. The number of benzene rings is 2. The summed E-state index contributed by atoms with van der Waals surface area (Å²) in [5.41, 5.74) is 8.22. The van der Waals surface area contributed by atoms with E-state index in [0.29, 0.717) is 5.69 Å². The van der Waals surface area contributed by atoms with Crippen LogP contribution in [0.2, 0.25) is 0 Å². The van der Waals surface area contributed by atoms with Crippen LogP contribution in [-0.2, 0) is 20.7 Å². The second-order valence-corrected chi connectivity index (χ2v) is 8.17. The van der Waals surface area contributed by atoms with Gasteiger partial charge in [-0.25, -0.2) is 0 Å². The van der Waals surface area contributed by atoms with Crippen LogP contribution in [0.25, 0.3) is 11.1 Å². The molecule has 2 aromatic rings. The molecule has 2 N–H and O–H groups in total. The maximum absolute atomic E-state index is 13.1. The normalized spacial score (nSPS) is 19.3. The van der Waals surface area contributed by atoms with Crippen molar-refractivity contribution in [2.24, 2.45) is 0 Å². The Morgan fingerprint density at radius 3 is 1.93 bits per heavy atom. The average molecular weight is 365 g/mol. The predicted octanol–water partition coefficient (Wildman–Crippen LogP) is 4.31. The predicted molar refractivity (Wildman–Crippen MR) is 108 cm³/mol. The standard InChI is InChI=1S/C23H27NO3/c1-6-14-7-8-16(15-9-11-17(24)12-10-15)13-18(14)19-20(25)22(2,3)27-23(4,5)21(19)26/h7-13,19H,6,24H2,1-5H3. The summed E-state index contributed by atoms with van der Waals surface area (Å²) in [5, 5.41) is 0. The van der Waals surface area contributed by atoms with Crippen molar-refractivity contribution in [3.63, 3.8) is 0 Å². The van der Waals surface area contributed by atoms with E-state index in [9.17, 15) is 9.59 Å². The molecule has 1 aliphatic rings. The van der Waals surface area contributed by atoms with E-state index in [1.807, 2.05) is 49.4 Å². The summed E-state index contributed by atoms with van der Waals surface area (Å²) in [6.45, 7) is 9.00. The number of nitrogens with two attached hydrogens (primary N) is 1. The number of carbonyl (C=O) groups excluding carboxylic acids is 2. The highest BCUT2D eigenvalue weighted by Gasteiger charge is 2.53. The van der Waals surface area contributed by atoms with E-state index >= 15 is 0 Å². The minimum absolute atomic E-state index is 0.184. The number of nitrogen functional groups attached to an aromatic ring is 1. The zero-order valence-electron chi connectivity index (χ0n) is 16.6. The Hall–Kier alpha value is -2.46. The number of aryl methyl sites for hydroxylation is 1. The van der Waals surface area contributed by atoms with Crippen molar-refractivity contribution in [3.05, 3.63) is 53.6 Å². The molecule has 2 aromatic carbocycles. The number of anilines is 1. The first-order valence-corrected chi connectivity index (χ1v) is 9.34. The molecule has 0 saturated carbocycles. The molecule has 0 atom stereocenters. The fraction of sp³-hybridized carbons (Fsp3) is 0.391. The highest BCUT2D eigenvalue weighted by atomic mass is 16.5. The molecular formula is C23H27NO3. The number of ether oxygens (including phenoxy) is 1. The van der Waals surface area contributed by atoms with Gasteiger partial charge in [0.25, 0.3) is 0 Å². The first kappa shape index (κ1) is 19.3. The SMILES string of the molecule is CCc1ccc(-c2ccc(N)cc2)cc1C1C(=O)C(C)(C)OC(C)(C)C1=O. The van der Waals surface area contributed by atoms with E-state index in [4.69, 9.17) is 10.5 Å².